The van der Waals surface area contributed by atoms with Crippen molar-refractivity contribution < 1.29 is 0 Å². The SMILES string of the molecule is CCCNC(C1=CCCCC1)c1cc(C)c(Br)c(C)c1. The predicted molar refractivity (Wildman–Crippen MR) is 91.2 cm³/mol. The van der Waals surface area contributed by atoms with Gasteiger partial charge in [-0.1, -0.05) is 46.6 Å². The van der Waals surface area contributed by atoms with E-state index in [1.54, 1.807) is 5.57 Å². The van der Waals surface area contributed by atoms with Crippen molar-refractivity contribution in [2.24, 2.45) is 0 Å². The van der Waals surface area contributed by atoms with Gasteiger partial charge in [-0.15, -0.1) is 0 Å². The summed E-state index contributed by atoms with van der Waals surface area (Å²) in [5, 5.41) is 3.75. The van der Waals surface area contributed by atoms with Gasteiger partial charge in [0.05, 0.1) is 6.04 Å². The molecule has 20 heavy (non-hydrogen) atoms. The normalized spacial score (nSPS) is 16.9. The summed E-state index contributed by atoms with van der Waals surface area (Å²) in [6, 6.07) is 5.07. The molecule has 0 bridgehead atoms. The lowest BCUT2D eigenvalue weighted by Crippen LogP contribution is -2.25. The minimum Gasteiger partial charge on any atom is -0.307 e. The summed E-state index contributed by atoms with van der Waals surface area (Å²) in [5.74, 6) is 0. The maximum absolute atomic E-state index is 3.75. The second kappa shape index (κ2) is 7.42. The summed E-state index contributed by atoms with van der Waals surface area (Å²) < 4.78 is 1.24. The van der Waals surface area contributed by atoms with E-state index >= 15 is 0 Å². The van der Waals surface area contributed by atoms with E-state index < -0.39 is 0 Å². The van der Waals surface area contributed by atoms with E-state index in [0.717, 1.165) is 6.54 Å². The molecule has 1 atom stereocenters. The zero-order valence-electron chi connectivity index (χ0n) is 12.9. The van der Waals surface area contributed by atoms with Crippen LogP contribution in [0.1, 0.15) is 61.8 Å². The van der Waals surface area contributed by atoms with Crippen molar-refractivity contribution >= 4 is 15.9 Å². The number of halogens is 1. The van der Waals surface area contributed by atoms with Gasteiger partial charge in [-0.2, -0.15) is 0 Å². The molecule has 1 unspecified atom stereocenters. The van der Waals surface area contributed by atoms with Crippen molar-refractivity contribution in [1.29, 1.82) is 0 Å². The smallest absolute Gasteiger partial charge is 0.0536 e. The number of aryl methyl sites for hydroxylation is 2. The Balaban J connectivity index is 2.32. The van der Waals surface area contributed by atoms with Gasteiger partial charge in [0, 0.05) is 4.47 Å². The van der Waals surface area contributed by atoms with Gasteiger partial charge < -0.3 is 5.32 Å². The Kier molecular flexibility index (Phi) is 5.86. The minimum atomic E-state index is 0.403. The van der Waals surface area contributed by atoms with Gasteiger partial charge in [-0.25, -0.2) is 0 Å². The van der Waals surface area contributed by atoms with Crippen molar-refractivity contribution in [2.75, 3.05) is 6.54 Å². The predicted octanol–water partition coefficient (Wildman–Crippen LogP) is 5.61. The highest BCUT2D eigenvalue weighted by atomic mass is 79.9. The molecule has 0 saturated carbocycles. The van der Waals surface area contributed by atoms with Crippen molar-refractivity contribution in [3.8, 4) is 0 Å². The lowest BCUT2D eigenvalue weighted by molar-refractivity contribution is 0.546. The largest absolute Gasteiger partial charge is 0.307 e. The zero-order chi connectivity index (χ0) is 14.5. The number of benzene rings is 1. The third-order valence-corrected chi connectivity index (χ3v) is 5.34. The molecule has 1 aromatic carbocycles. The average molecular weight is 336 g/mol. The molecule has 2 rings (SSSR count). The Labute approximate surface area is 132 Å². The lowest BCUT2D eigenvalue weighted by atomic mass is 9.88. The summed E-state index contributed by atoms with van der Waals surface area (Å²) in [5.41, 5.74) is 5.68. The maximum Gasteiger partial charge on any atom is 0.0536 e. The van der Waals surface area contributed by atoms with Gasteiger partial charge >= 0.3 is 0 Å². The molecular formula is C18H26BrN. The second-order valence-electron chi connectivity index (χ2n) is 5.88. The highest BCUT2D eigenvalue weighted by Gasteiger charge is 2.18. The molecule has 0 amide bonds. The van der Waals surface area contributed by atoms with Gasteiger partial charge in [0.2, 0.25) is 0 Å². The standard InChI is InChI=1S/C18H26BrN/c1-4-10-20-18(15-8-6-5-7-9-15)16-11-13(2)17(19)14(3)12-16/h8,11-12,18,20H,4-7,9-10H2,1-3H3. The number of hydrogen-bond donors (Lipinski definition) is 1. The summed E-state index contributed by atoms with van der Waals surface area (Å²) >= 11 is 3.68. The van der Waals surface area contributed by atoms with Crippen LogP contribution in [0.25, 0.3) is 0 Å². The number of rotatable bonds is 5. The first-order chi connectivity index (χ1) is 9.63. The first-order valence-electron chi connectivity index (χ1n) is 7.82. The second-order valence-corrected chi connectivity index (χ2v) is 6.67. The average Bonchev–Trinajstić information content (AvgIpc) is 2.46. The van der Waals surface area contributed by atoms with Crippen molar-refractivity contribution in [3.05, 3.63) is 44.9 Å². The Bertz CT molecular complexity index is 467. The van der Waals surface area contributed by atoms with E-state index in [4.69, 9.17) is 0 Å². The van der Waals surface area contributed by atoms with Crippen LogP contribution in [0.15, 0.2) is 28.3 Å². The number of hydrogen-bond acceptors (Lipinski definition) is 1. The van der Waals surface area contributed by atoms with Crippen molar-refractivity contribution in [3.63, 3.8) is 0 Å². The summed E-state index contributed by atoms with van der Waals surface area (Å²) in [4.78, 5) is 0. The van der Waals surface area contributed by atoms with Crippen LogP contribution in [0, 0.1) is 13.8 Å². The lowest BCUT2D eigenvalue weighted by Gasteiger charge is -2.26. The summed E-state index contributed by atoms with van der Waals surface area (Å²) in [6.45, 7) is 7.69. The molecule has 1 N–H and O–H groups in total. The Hall–Kier alpha value is -0.600. The van der Waals surface area contributed by atoms with E-state index in [0.29, 0.717) is 6.04 Å². The van der Waals surface area contributed by atoms with Gasteiger partial charge in [-0.3, -0.25) is 0 Å². The van der Waals surface area contributed by atoms with Crippen molar-refractivity contribution in [1.82, 2.24) is 5.32 Å². The third kappa shape index (κ3) is 3.73. The van der Waals surface area contributed by atoms with Gasteiger partial charge in [0.15, 0.2) is 0 Å². The monoisotopic (exact) mass is 335 g/mol. The molecule has 0 fully saturated rings. The van der Waals surface area contributed by atoms with Crippen LogP contribution in [0.5, 0.6) is 0 Å². The van der Waals surface area contributed by atoms with E-state index in [-0.39, 0.29) is 0 Å². The Morgan fingerprint density at radius 2 is 1.90 bits per heavy atom. The van der Waals surface area contributed by atoms with Crippen LogP contribution < -0.4 is 5.32 Å². The fourth-order valence-corrected chi connectivity index (χ4v) is 3.25. The molecule has 1 aliphatic rings. The molecule has 0 aromatic heterocycles. The topological polar surface area (TPSA) is 12.0 Å². The van der Waals surface area contributed by atoms with Crippen LogP contribution in [0.3, 0.4) is 0 Å². The van der Waals surface area contributed by atoms with Crippen LogP contribution >= 0.6 is 15.9 Å². The molecule has 0 aliphatic heterocycles. The van der Waals surface area contributed by atoms with Crippen LogP contribution in [-0.2, 0) is 0 Å². The highest BCUT2D eigenvalue weighted by Crippen LogP contribution is 2.33. The quantitative estimate of drug-likeness (QED) is 0.690. The first kappa shape index (κ1) is 15.8. The highest BCUT2D eigenvalue weighted by molar-refractivity contribution is 9.10. The maximum atomic E-state index is 3.75. The molecular weight excluding hydrogens is 310 g/mol. The number of allylic oxidation sites excluding steroid dienone is 1. The summed E-state index contributed by atoms with van der Waals surface area (Å²) in [7, 11) is 0. The van der Waals surface area contributed by atoms with E-state index in [1.165, 1.54) is 53.3 Å². The van der Waals surface area contributed by atoms with Crippen molar-refractivity contribution in [2.45, 2.75) is 58.9 Å². The van der Waals surface area contributed by atoms with Crippen LogP contribution in [0.2, 0.25) is 0 Å². The van der Waals surface area contributed by atoms with Gasteiger partial charge in [-0.05, 0) is 69.2 Å². The summed E-state index contributed by atoms with van der Waals surface area (Å²) in [6.07, 6.45) is 8.82. The van der Waals surface area contributed by atoms with Crippen LogP contribution in [0.4, 0.5) is 0 Å². The van der Waals surface area contributed by atoms with Gasteiger partial charge in [0.25, 0.3) is 0 Å². The zero-order valence-corrected chi connectivity index (χ0v) is 14.5. The Morgan fingerprint density at radius 1 is 1.20 bits per heavy atom. The molecule has 110 valence electrons. The van der Waals surface area contributed by atoms with E-state index in [1.807, 2.05) is 0 Å². The first-order valence-corrected chi connectivity index (χ1v) is 8.61. The van der Waals surface area contributed by atoms with Gasteiger partial charge in [0.1, 0.15) is 0 Å². The molecule has 0 saturated heterocycles. The fraction of sp³-hybridized carbons (Fsp3) is 0.556. The molecule has 0 spiro atoms. The van der Waals surface area contributed by atoms with Crippen LogP contribution in [-0.4, -0.2) is 6.54 Å². The molecule has 0 radical (unpaired) electrons. The molecule has 2 heteroatoms. The number of nitrogens with one attached hydrogen (secondary N) is 1. The Morgan fingerprint density at radius 3 is 2.45 bits per heavy atom. The molecule has 1 nitrogen and oxygen atoms in total. The minimum absolute atomic E-state index is 0.403. The molecule has 1 aliphatic carbocycles. The van der Waals surface area contributed by atoms with E-state index in [9.17, 15) is 0 Å². The van der Waals surface area contributed by atoms with E-state index in [2.05, 4.69) is 60.2 Å². The molecule has 1 aromatic rings. The fourth-order valence-electron chi connectivity index (χ4n) is 3.02. The molecule has 0 heterocycles. The third-order valence-electron chi connectivity index (χ3n) is 4.09.